The molecule has 2 amide bonds. The van der Waals surface area contributed by atoms with Crippen molar-refractivity contribution >= 4 is 39.5 Å². The molecular formula is C14H16BrClN2O3. The van der Waals surface area contributed by atoms with Crippen molar-refractivity contribution in [1.29, 1.82) is 0 Å². The summed E-state index contributed by atoms with van der Waals surface area (Å²) in [7, 11) is 0. The molecule has 1 heterocycles. The van der Waals surface area contributed by atoms with Crippen LogP contribution in [0.4, 0.5) is 4.79 Å². The Labute approximate surface area is 136 Å². The predicted octanol–water partition coefficient (Wildman–Crippen LogP) is 3.02. The number of rotatable bonds is 2. The lowest BCUT2D eigenvalue weighted by atomic mass is 10.2. The quantitative estimate of drug-likeness (QED) is 0.798. The Morgan fingerprint density at radius 2 is 1.86 bits per heavy atom. The van der Waals surface area contributed by atoms with Crippen LogP contribution in [0.3, 0.4) is 0 Å². The van der Waals surface area contributed by atoms with E-state index in [1.165, 1.54) is 0 Å². The summed E-state index contributed by atoms with van der Waals surface area (Å²) >= 11 is 9.30. The predicted molar refractivity (Wildman–Crippen MR) is 83.7 cm³/mol. The normalized spacial score (nSPS) is 15.0. The van der Waals surface area contributed by atoms with E-state index < -0.39 is 0 Å². The topological polar surface area (TPSA) is 49.9 Å². The SMILES string of the molecule is CCOC(=O)N1CCN(C(=O)c2cc(Cl)ccc2Br)CC1. The number of piperazine rings is 1. The Balaban J connectivity index is 2.00. The lowest BCUT2D eigenvalue weighted by Gasteiger charge is -2.34. The van der Waals surface area contributed by atoms with Crippen molar-refractivity contribution in [2.75, 3.05) is 32.8 Å². The molecule has 0 bridgehead atoms. The summed E-state index contributed by atoms with van der Waals surface area (Å²) in [6, 6.07) is 5.12. The molecule has 1 fully saturated rings. The maximum absolute atomic E-state index is 12.5. The number of carbonyl (C=O) groups excluding carboxylic acids is 2. The van der Waals surface area contributed by atoms with E-state index in [4.69, 9.17) is 16.3 Å². The summed E-state index contributed by atoms with van der Waals surface area (Å²) in [6.07, 6.45) is -0.325. The standard InChI is InChI=1S/C14H16BrClN2O3/c1-2-21-14(20)18-7-5-17(6-8-18)13(19)11-9-10(16)3-4-12(11)15/h3-4,9H,2,5-8H2,1H3. The fourth-order valence-electron chi connectivity index (χ4n) is 2.14. The first-order chi connectivity index (χ1) is 10.0. The number of hydrogen-bond donors (Lipinski definition) is 0. The average Bonchev–Trinajstić information content (AvgIpc) is 2.49. The first-order valence-electron chi connectivity index (χ1n) is 6.69. The Hall–Kier alpha value is -1.27. The van der Waals surface area contributed by atoms with Crippen molar-refractivity contribution in [2.24, 2.45) is 0 Å². The molecule has 1 saturated heterocycles. The van der Waals surface area contributed by atoms with E-state index in [0.29, 0.717) is 47.8 Å². The maximum atomic E-state index is 12.5. The molecule has 21 heavy (non-hydrogen) atoms. The van der Waals surface area contributed by atoms with Gasteiger partial charge in [-0.3, -0.25) is 4.79 Å². The second kappa shape index (κ2) is 7.13. The minimum Gasteiger partial charge on any atom is -0.450 e. The molecule has 7 heteroatoms. The molecule has 0 saturated carbocycles. The van der Waals surface area contributed by atoms with Crippen LogP contribution < -0.4 is 0 Å². The van der Waals surface area contributed by atoms with Gasteiger partial charge in [0.15, 0.2) is 0 Å². The Kier molecular flexibility index (Phi) is 5.47. The van der Waals surface area contributed by atoms with Crippen LogP contribution in [0.5, 0.6) is 0 Å². The molecule has 5 nitrogen and oxygen atoms in total. The first-order valence-corrected chi connectivity index (χ1v) is 7.86. The second-order valence-electron chi connectivity index (χ2n) is 4.60. The van der Waals surface area contributed by atoms with Gasteiger partial charge in [0.25, 0.3) is 5.91 Å². The maximum Gasteiger partial charge on any atom is 0.409 e. The van der Waals surface area contributed by atoms with Gasteiger partial charge in [0.2, 0.25) is 0 Å². The van der Waals surface area contributed by atoms with Crippen LogP contribution in [0, 0.1) is 0 Å². The fraction of sp³-hybridized carbons (Fsp3) is 0.429. The lowest BCUT2D eigenvalue weighted by molar-refractivity contribution is 0.0570. The summed E-state index contributed by atoms with van der Waals surface area (Å²) in [5.41, 5.74) is 0.534. The number of hydrogen-bond acceptors (Lipinski definition) is 3. The number of halogens is 2. The van der Waals surface area contributed by atoms with Crippen LogP contribution in [0.25, 0.3) is 0 Å². The van der Waals surface area contributed by atoms with Crippen LogP contribution >= 0.6 is 27.5 Å². The second-order valence-corrected chi connectivity index (χ2v) is 5.89. The van der Waals surface area contributed by atoms with E-state index in [-0.39, 0.29) is 12.0 Å². The van der Waals surface area contributed by atoms with E-state index in [0.717, 1.165) is 0 Å². The smallest absolute Gasteiger partial charge is 0.409 e. The van der Waals surface area contributed by atoms with Gasteiger partial charge in [-0.25, -0.2) is 4.79 Å². The van der Waals surface area contributed by atoms with E-state index in [2.05, 4.69) is 15.9 Å². The molecule has 0 N–H and O–H groups in total. The summed E-state index contributed by atoms with van der Waals surface area (Å²) in [6.45, 7) is 4.04. The largest absolute Gasteiger partial charge is 0.450 e. The van der Waals surface area contributed by atoms with E-state index >= 15 is 0 Å². The average molecular weight is 376 g/mol. The lowest BCUT2D eigenvalue weighted by Crippen LogP contribution is -2.50. The summed E-state index contributed by atoms with van der Waals surface area (Å²) < 4.78 is 5.67. The van der Waals surface area contributed by atoms with Gasteiger partial charge >= 0.3 is 6.09 Å². The monoisotopic (exact) mass is 374 g/mol. The molecule has 2 rings (SSSR count). The van der Waals surface area contributed by atoms with Crippen molar-refractivity contribution in [3.05, 3.63) is 33.3 Å². The van der Waals surface area contributed by atoms with Crippen LogP contribution in [-0.2, 0) is 4.74 Å². The van der Waals surface area contributed by atoms with Gasteiger partial charge in [-0.05, 0) is 41.1 Å². The molecule has 1 aliphatic heterocycles. The Bertz CT molecular complexity index is 545. The third-order valence-electron chi connectivity index (χ3n) is 3.25. The number of nitrogens with zero attached hydrogens (tertiary/aromatic N) is 2. The van der Waals surface area contributed by atoms with Gasteiger partial charge in [0.1, 0.15) is 0 Å². The van der Waals surface area contributed by atoms with Crippen LogP contribution in [0.15, 0.2) is 22.7 Å². The van der Waals surface area contributed by atoms with Crippen LogP contribution in [-0.4, -0.2) is 54.6 Å². The highest BCUT2D eigenvalue weighted by Gasteiger charge is 2.26. The number of amides is 2. The summed E-state index contributed by atoms with van der Waals surface area (Å²) in [5.74, 6) is -0.0899. The number of carbonyl (C=O) groups is 2. The van der Waals surface area contributed by atoms with Gasteiger partial charge in [0.05, 0.1) is 12.2 Å². The van der Waals surface area contributed by atoms with E-state index in [9.17, 15) is 9.59 Å². The van der Waals surface area contributed by atoms with E-state index in [1.54, 1.807) is 34.9 Å². The highest BCUT2D eigenvalue weighted by atomic mass is 79.9. The van der Waals surface area contributed by atoms with Crippen molar-refractivity contribution in [2.45, 2.75) is 6.92 Å². The first kappa shape index (κ1) is 16.1. The van der Waals surface area contributed by atoms with Crippen molar-refractivity contribution in [3.63, 3.8) is 0 Å². The zero-order valence-electron chi connectivity index (χ0n) is 11.6. The zero-order chi connectivity index (χ0) is 15.4. The zero-order valence-corrected chi connectivity index (χ0v) is 14.0. The fourth-order valence-corrected chi connectivity index (χ4v) is 2.73. The van der Waals surface area contributed by atoms with Gasteiger partial charge < -0.3 is 14.5 Å². The summed E-state index contributed by atoms with van der Waals surface area (Å²) in [5, 5.41) is 0.520. The summed E-state index contributed by atoms with van der Waals surface area (Å²) in [4.78, 5) is 27.4. The van der Waals surface area contributed by atoms with Gasteiger partial charge in [-0.1, -0.05) is 11.6 Å². The molecular weight excluding hydrogens is 360 g/mol. The minimum atomic E-state index is -0.325. The highest BCUT2D eigenvalue weighted by molar-refractivity contribution is 9.10. The molecule has 0 radical (unpaired) electrons. The molecule has 0 atom stereocenters. The van der Waals surface area contributed by atoms with Crippen molar-refractivity contribution in [1.82, 2.24) is 9.80 Å². The van der Waals surface area contributed by atoms with Gasteiger partial charge in [-0.15, -0.1) is 0 Å². The third-order valence-corrected chi connectivity index (χ3v) is 4.18. The number of ether oxygens (including phenoxy) is 1. The molecule has 1 aliphatic rings. The Morgan fingerprint density at radius 3 is 2.48 bits per heavy atom. The molecule has 114 valence electrons. The molecule has 0 spiro atoms. The molecule has 1 aromatic carbocycles. The van der Waals surface area contributed by atoms with Crippen LogP contribution in [0.1, 0.15) is 17.3 Å². The van der Waals surface area contributed by atoms with Gasteiger partial charge in [0, 0.05) is 35.7 Å². The minimum absolute atomic E-state index is 0.0899. The Morgan fingerprint density at radius 1 is 1.24 bits per heavy atom. The van der Waals surface area contributed by atoms with Crippen molar-refractivity contribution < 1.29 is 14.3 Å². The molecule has 0 unspecified atom stereocenters. The van der Waals surface area contributed by atoms with Gasteiger partial charge in [-0.2, -0.15) is 0 Å². The van der Waals surface area contributed by atoms with Crippen molar-refractivity contribution in [3.8, 4) is 0 Å². The van der Waals surface area contributed by atoms with Crippen LogP contribution in [0.2, 0.25) is 5.02 Å². The third kappa shape index (κ3) is 3.89. The molecule has 0 aromatic heterocycles. The number of benzene rings is 1. The highest BCUT2D eigenvalue weighted by Crippen LogP contribution is 2.23. The molecule has 1 aromatic rings. The molecule has 0 aliphatic carbocycles. The van der Waals surface area contributed by atoms with E-state index in [1.807, 2.05) is 0 Å².